The molecule has 0 nitrogen and oxygen atoms in total. The van der Waals surface area contributed by atoms with Crippen LogP contribution in [0.5, 0.6) is 0 Å². The molecule has 0 heterocycles. The van der Waals surface area contributed by atoms with Crippen LogP contribution in [0.3, 0.4) is 0 Å². The van der Waals surface area contributed by atoms with E-state index in [1.54, 1.807) is 0 Å². The van der Waals surface area contributed by atoms with E-state index in [1.807, 2.05) is 0 Å². The first-order valence-corrected chi connectivity index (χ1v) is 14.0. The molecule has 0 amide bonds. The van der Waals surface area contributed by atoms with Gasteiger partial charge in [0.1, 0.15) is 0 Å². The summed E-state index contributed by atoms with van der Waals surface area (Å²) in [6.07, 6.45) is 18.0. The highest BCUT2D eigenvalue weighted by molar-refractivity contribution is 5.15. The van der Waals surface area contributed by atoms with Gasteiger partial charge in [-0.05, 0) is 109 Å². The second-order valence-electron chi connectivity index (χ2n) is 14.5. The van der Waals surface area contributed by atoms with E-state index in [-0.39, 0.29) is 0 Å². The van der Waals surface area contributed by atoms with Crippen LogP contribution in [-0.2, 0) is 0 Å². The van der Waals surface area contributed by atoms with Gasteiger partial charge in [0.15, 0.2) is 0 Å². The maximum atomic E-state index is 2.78. The zero-order chi connectivity index (χ0) is 21.9. The predicted octanol–water partition coefficient (Wildman–Crippen LogP) is 9.52. The summed E-state index contributed by atoms with van der Waals surface area (Å²) in [5, 5.41) is 0. The van der Waals surface area contributed by atoms with Crippen molar-refractivity contribution in [2.24, 2.45) is 57.2 Å². The quantitative estimate of drug-likeness (QED) is 0.420. The lowest BCUT2D eigenvalue weighted by Gasteiger charge is -2.67. The molecule has 0 radical (unpaired) electrons. The van der Waals surface area contributed by atoms with Crippen molar-refractivity contribution >= 4 is 0 Å². The van der Waals surface area contributed by atoms with Crippen LogP contribution >= 0.6 is 0 Å². The van der Waals surface area contributed by atoms with Gasteiger partial charge in [0.25, 0.3) is 0 Å². The Hall–Kier alpha value is 0. The largest absolute Gasteiger partial charge is 0.0628 e. The van der Waals surface area contributed by atoms with E-state index in [0.29, 0.717) is 21.7 Å². The van der Waals surface area contributed by atoms with Crippen molar-refractivity contribution in [3.8, 4) is 0 Å². The van der Waals surface area contributed by atoms with E-state index >= 15 is 0 Å². The maximum absolute atomic E-state index is 2.78. The van der Waals surface area contributed by atoms with Crippen LogP contribution in [0.2, 0.25) is 0 Å². The fourth-order valence-corrected chi connectivity index (χ4v) is 10.6. The Morgan fingerprint density at radius 1 is 0.700 bits per heavy atom. The van der Waals surface area contributed by atoms with E-state index in [4.69, 9.17) is 0 Å². The maximum Gasteiger partial charge on any atom is -0.0238 e. The molecule has 0 aromatic heterocycles. The minimum absolute atomic E-state index is 0.572. The molecule has 0 unspecified atom stereocenters. The molecule has 4 aliphatic rings. The number of hydrogen-bond donors (Lipinski definition) is 0. The third-order valence-corrected chi connectivity index (χ3v) is 12.4. The fourth-order valence-electron chi connectivity index (χ4n) is 10.6. The third-order valence-electron chi connectivity index (χ3n) is 12.4. The summed E-state index contributed by atoms with van der Waals surface area (Å²) in [6, 6.07) is 0. The average Bonchev–Trinajstić information content (AvgIpc) is 2.92. The van der Waals surface area contributed by atoms with E-state index in [2.05, 4.69) is 55.4 Å². The van der Waals surface area contributed by atoms with Gasteiger partial charge in [0.2, 0.25) is 0 Å². The van der Waals surface area contributed by atoms with Gasteiger partial charge in [-0.15, -0.1) is 0 Å². The summed E-state index contributed by atoms with van der Waals surface area (Å²) in [7, 11) is 0. The molecule has 4 rings (SSSR count). The molecular weight excluding hydrogens is 360 g/mol. The highest BCUT2D eigenvalue weighted by atomic mass is 14.7. The topological polar surface area (TPSA) is 0 Å². The van der Waals surface area contributed by atoms with Gasteiger partial charge in [0.05, 0.1) is 0 Å². The van der Waals surface area contributed by atoms with Crippen molar-refractivity contribution in [2.75, 3.05) is 0 Å². The van der Waals surface area contributed by atoms with Crippen LogP contribution in [0, 0.1) is 57.2 Å². The first kappa shape index (κ1) is 23.2. The molecule has 174 valence electrons. The van der Waals surface area contributed by atoms with Crippen molar-refractivity contribution in [3.05, 3.63) is 0 Å². The fraction of sp³-hybridized carbons (Fsp3) is 1.00. The molecule has 0 aliphatic heterocycles. The lowest BCUT2D eigenvalue weighted by Crippen LogP contribution is -2.59. The Balaban J connectivity index is 1.55. The molecule has 0 heteroatoms. The third kappa shape index (κ3) is 3.36. The Bertz CT molecular complexity index is 616. The number of hydrogen-bond acceptors (Lipinski definition) is 0. The molecule has 30 heavy (non-hydrogen) atoms. The normalized spacial score (nSPS) is 48.7. The Labute approximate surface area is 189 Å². The van der Waals surface area contributed by atoms with Gasteiger partial charge in [-0.3, -0.25) is 0 Å². The first-order chi connectivity index (χ1) is 14.0. The first-order valence-electron chi connectivity index (χ1n) is 14.0. The van der Waals surface area contributed by atoms with Crippen molar-refractivity contribution in [1.29, 1.82) is 0 Å². The molecular formula is C30H54. The van der Waals surface area contributed by atoms with E-state index in [1.165, 1.54) is 77.0 Å². The zero-order valence-electron chi connectivity index (χ0n) is 21.9. The van der Waals surface area contributed by atoms with Crippen molar-refractivity contribution in [3.63, 3.8) is 0 Å². The SMILES string of the molecule is CC(C)CCC[C@@H](C)[C@H]1CC[C@@]2(C)[C@@H]3CC[C@@H]4C(C)(C)CCC[C@]4(C)[C@H]3CC[C@]12C. The van der Waals surface area contributed by atoms with Crippen LogP contribution in [0.25, 0.3) is 0 Å². The van der Waals surface area contributed by atoms with E-state index in [0.717, 1.165) is 35.5 Å². The van der Waals surface area contributed by atoms with Crippen LogP contribution in [0.1, 0.15) is 132 Å². The van der Waals surface area contributed by atoms with Crippen LogP contribution in [-0.4, -0.2) is 0 Å². The minimum Gasteiger partial charge on any atom is -0.0628 e. The molecule has 0 bridgehead atoms. The molecule has 0 N–H and O–H groups in total. The summed E-state index contributed by atoms with van der Waals surface area (Å²) in [5.41, 5.74) is 2.39. The molecule has 4 saturated carbocycles. The van der Waals surface area contributed by atoms with E-state index < -0.39 is 0 Å². The minimum atomic E-state index is 0.572. The van der Waals surface area contributed by atoms with Crippen LogP contribution in [0.4, 0.5) is 0 Å². The monoisotopic (exact) mass is 414 g/mol. The Morgan fingerprint density at radius 3 is 2.10 bits per heavy atom. The number of rotatable bonds is 5. The summed E-state index contributed by atoms with van der Waals surface area (Å²) >= 11 is 0. The molecule has 4 fully saturated rings. The second kappa shape index (κ2) is 7.80. The van der Waals surface area contributed by atoms with E-state index in [9.17, 15) is 0 Å². The smallest absolute Gasteiger partial charge is 0.0238 e. The molecule has 0 saturated heterocycles. The van der Waals surface area contributed by atoms with Crippen LogP contribution in [0.15, 0.2) is 0 Å². The van der Waals surface area contributed by atoms with Gasteiger partial charge in [0, 0.05) is 0 Å². The van der Waals surface area contributed by atoms with Crippen molar-refractivity contribution in [2.45, 2.75) is 132 Å². The second-order valence-corrected chi connectivity index (χ2v) is 14.5. The average molecular weight is 415 g/mol. The Kier molecular flexibility index (Phi) is 6.02. The summed E-state index contributed by atoms with van der Waals surface area (Å²) in [5.74, 6) is 5.74. The van der Waals surface area contributed by atoms with Gasteiger partial charge in [-0.1, -0.05) is 81.1 Å². The lowest BCUT2D eigenvalue weighted by atomic mass is 9.38. The standard InChI is InChI=1S/C30H54/c1-21(2)11-9-12-22(3)23-15-19-30(8)25-13-14-26-27(4,5)17-10-18-28(26,6)24(25)16-20-29(23,30)7/h21-26H,9-20H2,1-8H3/t22-,23-,24+,25-,26-,28-,29-,30+/m1/s1. The molecule has 0 aromatic rings. The van der Waals surface area contributed by atoms with Gasteiger partial charge < -0.3 is 0 Å². The van der Waals surface area contributed by atoms with Gasteiger partial charge in [-0.25, -0.2) is 0 Å². The molecule has 0 aromatic carbocycles. The number of fused-ring (bicyclic) bond motifs is 5. The highest BCUT2D eigenvalue weighted by Gasteiger charge is 2.66. The summed E-state index contributed by atoms with van der Waals surface area (Å²) in [6.45, 7) is 20.9. The van der Waals surface area contributed by atoms with Crippen molar-refractivity contribution in [1.82, 2.24) is 0 Å². The molecule has 4 aliphatic carbocycles. The van der Waals surface area contributed by atoms with Gasteiger partial charge in [-0.2, -0.15) is 0 Å². The highest BCUT2D eigenvalue weighted by Crippen LogP contribution is 2.74. The molecule has 0 spiro atoms. The summed E-state index contributed by atoms with van der Waals surface area (Å²) < 4.78 is 0. The predicted molar refractivity (Wildman–Crippen MR) is 131 cm³/mol. The molecule has 8 atom stereocenters. The Morgan fingerprint density at radius 2 is 1.40 bits per heavy atom. The van der Waals surface area contributed by atoms with Gasteiger partial charge >= 0.3 is 0 Å². The lowest BCUT2D eigenvalue weighted by molar-refractivity contribution is -0.179. The van der Waals surface area contributed by atoms with Crippen molar-refractivity contribution < 1.29 is 0 Å². The van der Waals surface area contributed by atoms with Crippen LogP contribution < -0.4 is 0 Å². The summed E-state index contributed by atoms with van der Waals surface area (Å²) in [4.78, 5) is 0. The zero-order valence-corrected chi connectivity index (χ0v) is 21.9.